The number of carbonyl (C=O) groups excluding carboxylic acids is 1. The monoisotopic (exact) mass is 433 g/mol. The summed E-state index contributed by atoms with van der Waals surface area (Å²) in [5.41, 5.74) is 0.656. The van der Waals surface area contributed by atoms with Crippen LogP contribution in [-0.2, 0) is 4.74 Å². The van der Waals surface area contributed by atoms with Crippen LogP contribution < -0.4 is 5.32 Å². The summed E-state index contributed by atoms with van der Waals surface area (Å²) in [5, 5.41) is 13.8. The molecule has 7 nitrogen and oxygen atoms in total. The lowest BCUT2D eigenvalue weighted by atomic mass is 9.85. The number of benzene rings is 1. The number of alkyl carbamates (subject to hydrolysis) is 1. The number of nitrogens with one attached hydrogen (secondary N) is 1. The number of non-ortho nitro benzene ring substituents is 1. The molecule has 0 atom stereocenters. The number of nitro groups is 1. The molecule has 170 valence electrons. The van der Waals surface area contributed by atoms with E-state index in [1.165, 1.54) is 12.1 Å². The van der Waals surface area contributed by atoms with E-state index in [0.29, 0.717) is 11.5 Å². The number of nitrogens with zero attached hydrogens (tertiary/aromatic N) is 2. The molecule has 1 aliphatic heterocycles. The Kier molecular flexibility index (Phi) is 7.30. The van der Waals surface area contributed by atoms with Crippen LogP contribution in [-0.4, -0.2) is 47.2 Å². The number of nitro benzene ring substituents is 1. The van der Waals surface area contributed by atoms with Crippen LogP contribution in [0.15, 0.2) is 24.3 Å². The van der Waals surface area contributed by atoms with E-state index in [2.05, 4.69) is 10.2 Å². The number of carbonyl (C=O) groups is 1. The van der Waals surface area contributed by atoms with Crippen molar-refractivity contribution in [2.24, 2.45) is 5.92 Å². The molecule has 1 N–H and O–H groups in total. The molecule has 0 spiro atoms. The van der Waals surface area contributed by atoms with Gasteiger partial charge in [0.1, 0.15) is 11.4 Å². The van der Waals surface area contributed by atoms with Crippen molar-refractivity contribution in [3.8, 4) is 0 Å². The molecule has 1 saturated carbocycles. The zero-order valence-electron chi connectivity index (χ0n) is 18.5. The summed E-state index contributed by atoms with van der Waals surface area (Å²) in [6, 6.07) is 4.03. The lowest BCUT2D eigenvalue weighted by Gasteiger charge is -2.34. The van der Waals surface area contributed by atoms with Crippen LogP contribution in [0.3, 0.4) is 0 Å². The topological polar surface area (TPSA) is 84.7 Å². The van der Waals surface area contributed by atoms with Crippen LogP contribution in [0.5, 0.6) is 0 Å². The van der Waals surface area contributed by atoms with Gasteiger partial charge >= 0.3 is 6.09 Å². The van der Waals surface area contributed by atoms with Gasteiger partial charge in [0.15, 0.2) is 0 Å². The fourth-order valence-electron chi connectivity index (χ4n) is 4.33. The molecule has 3 rings (SSSR count). The first-order valence-electron chi connectivity index (χ1n) is 11.0. The Hall–Kier alpha value is -2.48. The molecule has 1 aromatic carbocycles. The minimum Gasteiger partial charge on any atom is -0.444 e. The summed E-state index contributed by atoms with van der Waals surface area (Å²) in [5.74, 6) is 0.0486. The average Bonchev–Trinajstić information content (AvgIpc) is 2.68. The number of ether oxygens (including phenoxy) is 1. The van der Waals surface area contributed by atoms with Gasteiger partial charge in [0.25, 0.3) is 5.69 Å². The zero-order valence-corrected chi connectivity index (χ0v) is 18.5. The summed E-state index contributed by atoms with van der Waals surface area (Å²) >= 11 is 0. The maximum atomic E-state index is 14.3. The predicted octanol–water partition coefficient (Wildman–Crippen LogP) is 4.91. The van der Waals surface area contributed by atoms with Crippen molar-refractivity contribution in [2.45, 2.75) is 64.5 Å². The molecule has 0 unspecified atom stereocenters. The highest BCUT2D eigenvalue weighted by Crippen LogP contribution is 2.30. The van der Waals surface area contributed by atoms with E-state index in [1.54, 1.807) is 0 Å². The van der Waals surface area contributed by atoms with Crippen molar-refractivity contribution in [1.29, 1.82) is 0 Å². The Balaban J connectivity index is 1.45. The Morgan fingerprint density at radius 1 is 1.29 bits per heavy atom. The molecule has 0 radical (unpaired) electrons. The number of rotatable bonds is 5. The van der Waals surface area contributed by atoms with Crippen molar-refractivity contribution in [2.75, 3.05) is 19.6 Å². The Labute approximate surface area is 182 Å². The van der Waals surface area contributed by atoms with E-state index < -0.39 is 16.3 Å². The van der Waals surface area contributed by atoms with E-state index in [9.17, 15) is 19.3 Å². The highest BCUT2D eigenvalue weighted by atomic mass is 19.1. The highest BCUT2D eigenvalue weighted by molar-refractivity contribution is 5.68. The molecule has 8 heteroatoms. The molecule has 0 aromatic heterocycles. The van der Waals surface area contributed by atoms with Crippen molar-refractivity contribution in [3.05, 3.63) is 45.8 Å². The molecular formula is C23H32FN3O4. The van der Waals surface area contributed by atoms with Gasteiger partial charge in [-0.25, -0.2) is 9.18 Å². The zero-order chi connectivity index (χ0) is 22.6. The van der Waals surface area contributed by atoms with E-state index in [0.717, 1.165) is 63.4 Å². The molecule has 1 amide bonds. The lowest BCUT2D eigenvalue weighted by molar-refractivity contribution is -0.385. The van der Waals surface area contributed by atoms with E-state index in [1.807, 2.05) is 26.8 Å². The van der Waals surface area contributed by atoms with E-state index >= 15 is 0 Å². The molecule has 0 bridgehead atoms. The maximum Gasteiger partial charge on any atom is 0.407 e. The number of halogens is 1. The first-order valence-corrected chi connectivity index (χ1v) is 11.0. The van der Waals surface area contributed by atoms with Crippen LogP contribution in [0.1, 0.15) is 58.4 Å². The Morgan fingerprint density at radius 2 is 2.00 bits per heavy atom. The van der Waals surface area contributed by atoms with Crippen molar-refractivity contribution >= 4 is 17.4 Å². The van der Waals surface area contributed by atoms with Crippen molar-refractivity contribution in [1.82, 2.24) is 10.2 Å². The van der Waals surface area contributed by atoms with Crippen molar-refractivity contribution in [3.63, 3.8) is 0 Å². The standard InChI is InChI=1S/C23H32FN3O4/c1-23(2,3)31-22(28)25-18-6-4-16(5-7-18)15-26-12-10-17(11-13-26)20-9-8-19(27(29)30)14-21(20)24/h8-10,14,16,18H,4-7,11-13,15H2,1-3H3,(H,25,28)/t16-,18-. The van der Waals surface area contributed by atoms with Crippen LogP contribution >= 0.6 is 0 Å². The summed E-state index contributed by atoms with van der Waals surface area (Å²) in [6.45, 7) is 8.17. The molecule has 0 saturated heterocycles. The lowest BCUT2D eigenvalue weighted by Crippen LogP contribution is -2.42. The van der Waals surface area contributed by atoms with Crippen LogP contribution in [0.25, 0.3) is 5.57 Å². The number of hydrogen-bond acceptors (Lipinski definition) is 5. The van der Waals surface area contributed by atoms with Crippen LogP contribution in [0, 0.1) is 21.8 Å². The van der Waals surface area contributed by atoms with Gasteiger partial charge in [-0.15, -0.1) is 0 Å². The summed E-state index contributed by atoms with van der Waals surface area (Å²) in [7, 11) is 0. The summed E-state index contributed by atoms with van der Waals surface area (Å²) in [4.78, 5) is 24.5. The van der Waals surface area contributed by atoms with Crippen LogP contribution in [0.4, 0.5) is 14.9 Å². The Bertz CT molecular complexity index is 842. The third-order valence-electron chi connectivity index (χ3n) is 5.89. The normalized spacial score (nSPS) is 22.5. The average molecular weight is 434 g/mol. The molecule has 31 heavy (non-hydrogen) atoms. The maximum absolute atomic E-state index is 14.3. The van der Waals surface area contributed by atoms with Gasteiger partial charge in [-0.3, -0.25) is 15.0 Å². The number of hydrogen-bond donors (Lipinski definition) is 1. The first kappa shape index (κ1) is 23.2. The summed E-state index contributed by atoms with van der Waals surface area (Å²) in [6.07, 6.45) is 6.44. The second-order valence-electron chi connectivity index (χ2n) is 9.52. The van der Waals surface area contributed by atoms with Gasteiger partial charge in [-0.05, 0) is 70.4 Å². The fourth-order valence-corrected chi connectivity index (χ4v) is 4.33. The molecular weight excluding hydrogens is 401 g/mol. The van der Waals surface area contributed by atoms with E-state index in [4.69, 9.17) is 4.74 Å². The predicted molar refractivity (Wildman–Crippen MR) is 117 cm³/mol. The van der Waals surface area contributed by atoms with Gasteiger partial charge in [0, 0.05) is 37.3 Å². The van der Waals surface area contributed by atoms with Crippen LogP contribution in [0.2, 0.25) is 0 Å². The minimum absolute atomic E-state index is 0.170. The minimum atomic E-state index is -0.582. The molecule has 1 heterocycles. The SMILES string of the molecule is CC(C)(C)OC(=O)N[C@H]1CC[C@H](CN2CC=C(c3ccc([N+](=O)[O-])cc3F)CC2)CC1. The van der Waals surface area contributed by atoms with Gasteiger partial charge < -0.3 is 10.1 Å². The van der Waals surface area contributed by atoms with Crippen molar-refractivity contribution < 1.29 is 18.8 Å². The van der Waals surface area contributed by atoms with Gasteiger partial charge in [0.05, 0.1) is 11.0 Å². The third-order valence-corrected chi connectivity index (χ3v) is 5.89. The van der Waals surface area contributed by atoms with Gasteiger partial charge in [-0.1, -0.05) is 6.08 Å². The van der Waals surface area contributed by atoms with E-state index in [-0.39, 0.29) is 17.8 Å². The molecule has 1 fully saturated rings. The summed E-state index contributed by atoms with van der Waals surface area (Å²) < 4.78 is 19.6. The second kappa shape index (κ2) is 9.77. The smallest absolute Gasteiger partial charge is 0.407 e. The number of amides is 1. The Morgan fingerprint density at radius 3 is 2.55 bits per heavy atom. The van der Waals surface area contributed by atoms with Gasteiger partial charge in [0.2, 0.25) is 0 Å². The quantitative estimate of drug-likeness (QED) is 0.527. The molecule has 2 aliphatic rings. The second-order valence-corrected chi connectivity index (χ2v) is 9.52. The molecule has 1 aliphatic carbocycles. The van der Waals surface area contributed by atoms with Gasteiger partial charge in [-0.2, -0.15) is 0 Å². The largest absolute Gasteiger partial charge is 0.444 e. The first-order chi connectivity index (χ1) is 14.6. The third kappa shape index (κ3) is 6.75. The fraction of sp³-hybridized carbons (Fsp3) is 0.609. The highest BCUT2D eigenvalue weighted by Gasteiger charge is 2.26. The molecule has 1 aromatic rings.